The van der Waals surface area contributed by atoms with Crippen molar-refractivity contribution < 1.29 is 4.79 Å². The Morgan fingerprint density at radius 1 is 1.08 bits per heavy atom. The standard InChI is InChI=1S/C27H24BrClN6O/c28-20-9-5-4-8-17(20)11-13-23(36)31-22(14-16-6-2-1-3-7-16)27-32-24(25(29)33-27)18-10-12-19-21(15-18)34-35-26(19)30/h1-10,12,15,22H,11,13-14H2,(H,31,36)(H,32,33)(H3,30,34,35)/t22-/m0/s1. The van der Waals surface area contributed by atoms with Crippen molar-refractivity contribution in [2.45, 2.75) is 25.3 Å². The predicted molar refractivity (Wildman–Crippen MR) is 147 cm³/mol. The lowest BCUT2D eigenvalue weighted by Gasteiger charge is -2.17. The molecule has 1 atom stereocenters. The number of imidazole rings is 1. The first kappa shape index (κ1) is 24.1. The van der Waals surface area contributed by atoms with Crippen LogP contribution in [0.1, 0.15) is 29.4 Å². The molecule has 5 aromatic rings. The first-order chi connectivity index (χ1) is 17.5. The highest BCUT2D eigenvalue weighted by Crippen LogP contribution is 2.31. The van der Waals surface area contributed by atoms with E-state index in [1.165, 1.54) is 0 Å². The Balaban J connectivity index is 1.40. The first-order valence-electron chi connectivity index (χ1n) is 11.5. The topological polar surface area (TPSA) is 112 Å². The van der Waals surface area contributed by atoms with Gasteiger partial charge in [0, 0.05) is 21.8 Å². The number of amides is 1. The van der Waals surface area contributed by atoms with E-state index in [2.05, 4.69) is 36.4 Å². The fourth-order valence-corrected chi connectivity index (χ4v) is 4.93. The van der Waals surface area contributed by atoms with Gasteiger partial charge in [-0.15, -0.1) is 0 Å². The smallest absolute Gasteiger partial charge is 0.220 e. The van der Waals surface area contributed by atoms with Crippen LogP contribution < -0.4 is 11.1 Å². The van der Waals surface area contributed by atoms with E-state index < -0.39 is 0 Å². The highest BCUT2D eigenvalue weighted by molar-refractivity contribution is 9.10. The summed E-state index contributed by atoms with van der Waals surface area (Å²) in [5, 5.41) is 11.4. The number of nitrogens with two attached hydrogens (primary N) is 1. The third-order valence-corrected chi connectivity index (χ3v) is 7.12. The third kappa shape index (κ3) is 5.29. The van der Waals surface area contributed by atoms with E-state index in [1.807, 2.05) is 72.8 Å². The first-order valence-corrected chi connectivity index (χ1v) is 12.7. The second-order valence-corrected chi connectivity index (χ2v) is 9.79. The minimum absolute atomic E-state index is 0.0601. The largest absolute Gasteiger partial charge is 0.382 e. The Kier molecular flexibility index (Phi) is 7.06. The summed E-state index contributed by atoms with van der Waals surface area (Å²) in [6.07, 6.45) is 1.55. The number of halogens is 2. The molecule has 2 heterocycles. The molecular formula is C27H24BrClN6O. The van der Waals surface area contributed by atoms with Crippen molar-refractivity contribution in [2.24, 2.45) is 0 Å². The molecule has 0 saturated carbocycles. The van der Waals surface area contributed by atoms with Crippen molar-refractivity contribution >= 4 is 50.2 Å². The lowest BCUT2D eigenvalue weighted by atomic mass is 10.0. The number of nitrogens with zero attached hydrogens (tertiary/aromatic N) is 2. The zero-order chi connectivity index (χ0) is 25.1. The Bertz CT molecular complexity index is 1510. The summed E-state index contributed by atoms with van der Waals surface area (Å²) in [7, 11) is 0. The second kappa shape index (κ2) is 10.6. The van der Waals surface area contributed by atoms with Gasteiger partial charge in [0.2, 0.25) is 5.91 Å². The molecule has 7 nitrogen and oxygen atoms in total. The van der Waals surface area contributed by atoms with Crippen LogP contribution >= 0.6 is 27.5 Å². The van der Waals surface area contributed by atoms with Crippen LogP contribution in [0.4, 0.5) is 5.82 Å². The average Bonchev–Trinajstić information content (AvgIpc) is 3.46. The van der Waals surface area contributed by atoms with E-state index in [1.54, 1.807) is 0 Å². The Labute approximate surface area is 221 Å². The summed E-state index contributed by atoms with van der Waals surface area (Å²) < 4.78 is 0.997. The number of aryl methyl sites for hydroxylation is 1. The molecule has 5 rings (SSSR count). The molecule has 9 heteroatoms. The van der Waals surface area contributed by atoms with E-state index in [0.717, 1.165) is 32.1 Å². The van der Waals surface area contributed by atoms with Crippen LogP contribution in [0.25, 0.3) is 22.2 Å². The van der Waals surface area contributed by atoms with E-state index in [0.29, 0.717) is 41.8 Å². The second-order valence-electron chi connectivity index (χ2n) is 8.56. The van der Waals surface area contributed by atoms with Crippen molar-refractivity contribution in [3.8, 4) is 11.3 Å². The molecule has 0 aliphatic heterocycles. The monoisotopic (exact) mass is 562 g/mol. The predicted octanol–water partition coefficient (Wildman–Crippen LogP) is 5.98. The van der Waals surface area contributed by atoms with Gasteiger partial charge in [-0.05, 0) is 42.2 Å². The van der Waals surface area contributed by atoms with Gasteiger partial charge in [0.05, 0.1) is 11.6 Å². The highest BCUT2D eigenvalue weighted by atomic mass is 79.9. The quantitative estimate of drug-likeness (QED) is 0.186. The number of anilines is 1. The van der Waals surface area contributed by atoms with Gasteiger partial charge in [0.15, 0.2) is 5.82 Å². The maximum Gasteiger partial charge on any atom is 0.220 e. The number of carbonyl (C=O) groups is 1. The third-order valence-electron chi connectivity index (χ3n) is 6.07. The summed E-state index contributed by atoms with van der Waals surface area (Å²) in [5.74, 6) is 0.978. The fourth-order valence-electron chi connectivity index (χ4n) is 4.20. The number of nitrogen functional groups attached to an aromatic ring is 1. The van der Waals surface area contributed by atoms with Gasteiger partial charge in [-0.2, -0.15) is 5.10 Å². The van der Waals surface area contributed by atoms with Gasteiger partial charge in [-0.25, -0.2) is 4.98 Å². The van der Waals surface area contributed by atoms with Crippen LogP contribution in [0.2, 0.25) is 5.15 Å². The summed E-state index contributed by atoms with van der Waals surface area (Å²) in [6.45, 7) is 0. The van der Waals surface area contributed by atoms with Crippen LogP contribution in [0.3, 0.4) is 0 Å². The molecule has 3 aromatic carbocycles. The molecule has 2 aromatic heterocycles. The molecule has 182 valence electrons. The highest BCUT2D eigenvalue weighted by Gasteiger charge is 2.22. The number of rotatable bonds is 8. The summed E-state index contributed by atoms with van der Waals surface area (Å²) >= 11 is 10.1. The van der Waals surface area contributed by atoms with Gasteiger partial charge in [-0.3, -0.25) is 9.89 Å². The van der Waals surface area contributed by atoms with Crippen molar-refractivity contribution in [2.75, 3.05) is 5.73 Å². The Morgan fingerprint density at radius 3 is 2.67 bits per heavy atom. The average molecular weight is 564 g/mol. The maximum atomic E-state index is 13.0. The minimum atomic E-state index is -0.378. The van der Waals surface area contributed by atoms with Crippen LogP contribution in [-0.2, 0) is 17.6 Å². The Morgan fingerprint density at radius 2 is 1.86 bits per heavy atom. The van der Waals surface area contributed by atoms with E-state index in [4.69, 9.17) is 22.3 Å². The zero-order valence-corrected chi connectivity index (χ0v) is 21.6. The number of benzene rings is 3. The van der Waals surface area contributed by atoms with Gasteiger partial charge in [0.25, 0.3) is 0 Å². The number of fused-ring (bicyclic) bond motifs is 1. The zero-order valence-electron chi connectivity index (χ0n) is 19.3. The molecule has 0 spiro atoms. The Hall–Kier alpha value is -3.62. The molecule has 0 fully saturated rings. The minimum Gasteiger partial charge on any atom is -0.382 e. The van der Waals surface area contributed by atoms with Crippen LogP contribution in [0, 0.1) is 0 Å². The fraction of sp³-hybridized carbons (Fsp3) is 0.148. The number of carbonyl (C=O) groups excluding carboxylic acids is 1. The molecule has 5 N–H and O–H groups in total. The molecular weight excluding hydrogens is 540 g/mol. The molecule has 0 aliphatic carbocycles. The summed E-state index contributed by atoms with van der Waals surface area (Å²) in [5.41, 5.74) is 10.3. The molecule has 0 unspecified atom stereocenters. The molecule has 0 saturated heterocycles. The lowest BCUT2D eigenvalue weighted by molar-refractivity contribution is -0.121. The van der Waals surface area contributed by atoms with E-state index in [9.17, 15) is 4.79 Å². The van der Waals surface area contributed by atoms with Crippen LogP contribution in [-0.4, -0.2) is 26.1 Å². The van der Waals surface area contributed by atoms with Gasteiger partial charge < -0.3 is 16.0 Å². The van der Waals surface area contributed by atoms with Crippen LogP contribution in [0.5, 0.6) is 0 Å². The van der Waals surface area contributed by atoms with Crippen molar-refractivity contribution in [1.29, 1.82) is 0 Å². The lowest BCUT2D eigenvalue weighted by Crippen LogP contribution is -2.31. The molecule has 1 amide bonds. The summed E-state index contributed by atoms with van der Waals surface area (Å²) in [6, 6.07) is 23.2. The number of H-pyrrole nitrogens is 2. The normalized spacial score (nSPS) is 12.1. The van der Waals surface area contributed by atoms with Gasteiger partial charge in [-0.1, -0.05) is 82.1 Å². The van der Waals surface area contributed by atoms with Crippen molar-refractivity contribution in [3.63, 3.8) is 0 Å². The number of nitrogens with one attached hydrogen (secondary N) is 3. The molecule has 36 heavy (non-hydrogen) atoms. The van der Waals surface area contributed by atoms with Gasteiger partial charge in [0.1, 0.15) is 16.7 Å². The van der Waals surface area contributed by atoms with Crippen molar-refractivity contribution in [3.05, 3.63) is 99.4 Å². The van der Waals surface area contributed by atoms with E-state index in [-0.39, 0.29) is 11.9 Å². The number of aromatic nitrogens is 4. The molecule has 0 bridgehead atoms. The number of hydrogen-bond acceptors (Lipinski definition) is 4. The van der Waals surface area contributed by atoms with Crippen LogP contribution in [0.15, 0.2) is 77.3 Å². The van der Waals surface area contributed by atoms with Gasteiger partial charge >= 0.3 is 0 Å². The number of aromatic amines is 2. The maximum absolute atomic E-state index is 13.0. The molecule has 0 radical (unpaired) electrons. The molecule has 0 aliphatic rings. The number of hydrogen-bond donors (Lipinski definition) is 4. The van der Waals surface area contributed by atoms with Crippen molar-refractivity contribution in [1.82, 2.24) is 25.5 Å². The summed E-state index contributed by atoms with van der Waals surface area (Å²) in [4.78, 5) is 21.0. The van der Waals surface area contributed by atoms with E-state index >= 15 is 0 Å². The SMILES string of the molecule is Nc1n[nH]c2cc(-c3nc([C@H](Cc4ccccc4)NC(=O)CCc4ccccc4Br)[nH]c3Cl)ccc12.